The largest absolute Gasteiger partial charge is 0.508 e. The lowest BCUT2D eigenvalue weighted by molar-refractivity contribution is -0.138. The summed E-state index contributed by atoms with van der Waals surface area (Å²) in [4.78, 5) is 22.7. The highest BCUT2D eigenvalue weighted by molar-refractivity contribution is 6.02. The van der Waals surface area contributed by atoms with Gasteiger partial charge in [0.05, 0.1) is 6.42 Å². The summed E-state index contributed by atoms with van der Waals surface area (Å²) in [7, 11) is 0. The molecule has 4 aromatic carbocycles. The second kappa shape index (κ2) is 8.81. The Morgan fingerprint density at radius 2 is 1.50 bits per heavy atom. The van der Waals surface area contributed by atoms with Gasteiger partial charge in [0, 0.05) is 17.7 Å². The van der Waals surface area contributed by atoms with E-state index in [-0.39, 0.29) is 30.2 Å². The normalized spacial score (nSPS) is 10.8. The molecule has 0 aliphatic rings. The number of anilines is 1. The predicted molar refractivity (Wildman–Crippen MR) is 124 cm³/mol. The highest BCUT2D eigenvalue weighted by Gasteiger charge is 2.12. The van der Waals surface area contributed by atoms with E-state index in [1.54, 1.807) is 42.5 Å². The molecule has 4 rings (SSSR count). The predicted octanol–water partition coefficient (Wildman–Crippen LogP) is 5.39. The monoisotopic (exact) mass is 427 g/mol. The van der Waals surface area contributed by atoms with E-state index >= 15 is 0 Å². The van der Waals surface area contributed by atoms with Crippen LogP contribution in [0.2, 0.25) is 0 Å². The van der Waals surface area contributed by atoms with E-state index in [4.69, 9.17) is 5.11 Å². The van der Waals surface area contributed by atoms with Crippen LogP contribution in [0.3, 0.4) is 0 Å². The van der Waals surface area contributed by atoms with E-state index in [1.807, 2.05) is 36.4 Å². The number of aromatic hydroxyl groups is 2. The maximum atomic E-state index is 12.0. The number of carbonyl (C=O) groups excluding carboxylic acids is 1. The standard InChI is InChI=1S/C26H21NO5/c28-21-6-2-3-16(15-21)17-7-9-22-18(13-17)8-10-23(29)26(22)19-4-1-5-20(14-19)27-24(30)11-12-25(31)32/h1-10,13-15,28-29H,11-12H2,(H,27,30)(H,31,32). The van der Waals surface area contributed by atoms with Crippen molar-refractivity contribution in [3.63, 3.8) is 0 Å². The first kappa shape index (κ1) is 20.9. The molecule has 1 amide bonds. The average molecular weight is 427 g/mol. The Balaban J connectivity index is 1.70. The zero-order valence-corrected chi connectivity index (χ0v) is 17.1. The summed E-state index contributed by atoms with van der Waals surface area (Å²) in [5, 5.41) is 33.6. The zero-order valence-electron chi connectivity index (χ0n) is 17.1. The number of aliphatic carboxylic acids is 1. The van der Waals surface area contributed by atoms with Crippen molar-refractivity contribution in [1.82, 2.24) is 0 Å². The number of carbonyl (C=O) groups is 2. The van der Waals surface area contributed by atoms with Gasteiger partial charge in [-0.05, 0) is 63.9 Å². The van der Waals surface area contributed by atoms with Crippen molar-refractivity contribution in [3.05, 3.63) is 78.9 Å². The van der Waals surface area contributed by atoms with E-state index in [2.05, 4.69) is 5.32 Å². The summed E-state index contributed by atoms with van der Waals surface area (Å²) in [6.45, 7) is 0. The molecule has 0 fully saturated rings. The van der Waals surface area contributed by atoms with Crippen molar-refractivity contribution < 1.29 is 24.9 Å². The number of hydrogen-bond acceptors (Lipinski definition) is 4. The molecule has 0 unspecified atom stereocenters. The lowest BCUT2D eigenvalue weighted by Gasteiger charge is -2.13. The van der Waals surface area contributed by atoms with Gasteiger partial charge in [0.2, 0.25) is 5.91 Å². The van der Waals surface area contributed by atoms with Gasteiger partial charge in [-0.3, -0.25) is 9.59 Å². The number of rotatable bonds is 6. The molecule has 6 heteroatoms. The lowest BCUT2D eigenvalue weighted by Crippen LogP contribution is -2.13. The molecule has 6 nitrogen and oxygen atoms in total. The molecule has 0 saturated heterocycles. The smallest absolute Gasteiger partial charge is 0.303 e. The molecule has 0 spiro atoms. The Labute approximate surface area is 184 Å². The second-order valence-corrected chi connectivity index (χ2v) is 7.47. The van der Waals surface area contributed by atoms with E-state index in [9.17, 15) is 19.8 Å². The molecule has 0 bridgehead atoms. The summed E-state index contributed by atoms with van der Waals surface area (Å²) in [6.07, 6.45) is -0.353. The van der Waals surface area contributed by atoms with Crippen molar-refractivity contribution >= 4 is 28.3 Å². The highest BCUT2D eigenvalue weighted by Crippen LogP contribution is 2.39. The Morgan fingerprint density at radius 3 is 2.28 bits per heavy atom. The third-order valence-corrected chi connectivity index (χ3v) is 5.18. The van der Waals surface area contributed by atoms with Crippen LogP contribution in [0.4, 0.5) is 5.69 Å². The Bertz CT molecular complexity index is 1330. The zero-order chi connectivity index (χ0) is 22.7. The summed E-state index contributed by atoms with van der Waals surface area (Å²) < 4.78 is 0. The fourth-order valence-corrected chi connectivity index (χ4v) is 3.68. The van der Waals surface area contributed by atoms with Gasteiger partial charge in [-0.25, -0.2) is 0 Å². The number of amides is 1. The van der Waals surface area contributed by atoms with E-state index in [0.717, 1.165) is 21.9 Å². The third kappa shape index (κ3) is 4.54. The molecule has 0 aromatic heterocycles. The van der Waals surface area contributed by atoms with Crippen LogP contribution in [0, 0.1) is 0 Å². The molecule has 0 saturated carbocycles. The Hall–Kier alpha value is -4.32. The van der Waals surface area contributed by atoms with Gasteiger partial charge in [0.25, 0.3) is 0 Å². The fourth-order valence-electron chi connectivity index (χ4n) is 3.68. The summed E-state index contributed by atoms with van der Waals surface area (Å²) in [5.74, 6) is -1.12. The first-order chi connectivity index (χ1) is 15.4. The SMILES string of the molecule is O=C(O)CCC(=O)Nc1cccc(-c2c(O)ccc3cc(-c4cccc(O)c4)ccc23)c1. The quantitative estimate of drug-likeness (QED) is 0.330. The number of benzene rings is 4. The van der Waals surface area contributed by atoms with Gasteiger partial charge >= 0.3 is 5.97 Å². The minimum Gasteiger partial charge on any atom is -0.508 e. The minimum absolute atomic E-state index is 0.108. The van der Waals surface area contributed by atoms with Crippen molar-refractivity contribution in [3.8, 4) is 33.8 Å². The highest BCUT2D eigenvalue weighted by atomic mass is 16.4. The van der Waals surface area contributed by atoms with Crippen molar-refractivity contribution in [1.29, 1.82) is 0 Å². The number of fused-ring (bicyclic) bond motifs is 1. The molecule has 4 aromatic rings. The van der Waals surface area contributed by atoms with Crippen LogP contribution in [0.5, 0.6) is 11.5 Å². The number of phenols is 2. The minimum atomic E-state index is -1.03. The molecule has 32 heavy (non-hydrogen) atoms. The number of phenolic OH excluding ortho intramolecular Hbond substituents is 2. The maximum Gasteiger partial charge on any atom is 0.303 e. The van der Waals surface area contributed by atoms with Crippen LogP contribution < -0.4 is 5.32 Å². The maximum absolute atomic E-state index is 12.0. The van der Waals surface area contributed by atoms with Crippen LogP contribution in [0.1, 0.15) is 12.8 Å². The number of carboxylic acids is 1. The van der Waals surface area contributed by atoms with Gasteiger partial charge in [-0.1, -0.05) is 42.5 Å². The first-order valence-corrected chi connectivity index (χ1v) is 10.1. The Morgan fingerprint density at radius 1 is 0.750 bits per heavy atom. The van der Waals surface area contributed by atoms with Crippen molar-refractivity contribution in [2.24, 2.45) is 0 Å². The molecule has 4 N–H and O–H groups in total. The topological polar surface area (TPSA) is 107 Å². The molecule has 0 atom stereocenters. The van der Waals surface area contributed by atoms with E-state index < -0.39 is 5.97 Å². The van der Waals surface area contributed by atoms with Crippen LogP contribution in [-0.4, -0.2) is 27.2 Å². The summed E-state index contributed by atoms with van der Waals surface area (Å²) in [6, 6.07) is 23.4. The lowest BCUT2D eigenvalue weighted by atomic mass is 9.94. The average Bonchev–Trinajstić information content (AvgIpc) is 2.77. The first-order valence-electron chi connectivity index (χ1n) is 10.1. The fraction of sp³-hybridized carbons (Fsp3) is 0.0769. The molecule has 0 aliphatic carbocycles. The Kier molecular flexibility index (Phi) is 5.77. The second-order valence-electron chi connectivity index (χ2n) is 7.47. The third-order valence-electron chi connectivity index (χ3n) is 5.18. The summed E-state index contributed by atoms with van der Waals surface area (Å²) >= 11 is 0. The van der Waals surface area contributed by atoms with Gasteiger partial charge in [-0.2, -0.15) is 0 Å². The van der Waals surface area contributed by atoms with E-state index in [1.165, 1.54) is 0 Å². The molecular formula is C26H21NO5. The number of hydrogen-bond donors (Lipinski definition) is 4. The van der Waals surface area contributed by atoms with Crippen LogP contribution in [0.25, 0.3) is 33.0 Å². The van der Waals surface area contributed by atoms with Crippen molar-refractivity contribution in [2.75, 3.05) is 5.32 Å². The van der Waals surface area contributed by atoms with Crippen LogP contribution in [-0.2, 0) is 9.59 Å². The van der Waals surface area contributed by atoms with Crippen LogP contribution >= 0.6 is 0 Å². The summed E-state index contributed by atoms with van der Waals surface area (Å²) in [5.41, 5.74) is 3.68. The molecule has 160 valence electrons. The molecule has 0 aliphatic heterocycles. The van der Waals surface area contributed by atoms with Gasteiger partial charge in [0.1, 0.15) is 11.5 Å². The van der Waals surface area contributed by atoms with Gasteiger partial charge in [0.15, 0.2) is 0 Å². The molecular weight excluding hydrogens is 406 g/mol. The van der Waals surface area contributed by atoms with E-state index in [0.29, 0.717) is 16.8 Å². The molecule has 0 radical (unpaired) electrons. The van der Waals surface area contributed by atoms with Gasteiger partial charge in [-0.15, -0.1) is 0 Å². The molecule has 0 heterocycles. The number of nitrogens with one attached hydrogen (secondary N) is 1. The van der Waals surface area contributed by atoms with Crippen LogP contribution in [0.15, 0.2) is 78.9 Å². The van der Waals surface area contributed by atoms with Gasteiger partial charge < -0.3 is 20.6 Å². The van der Waals surface area contributed by atoms with Crippen molar-refractivity contribution in [2.45, 2.75) is 12.8 Å². The number of carboxylic acid groups (broad SMARTS) is 1.